The lowest BCUT2D eigenvalue weighted by molar-refractivity contribution is 0.660. The van der Waals surface area contributed by atoms with Gasteiger partial charge in [0.2, 0.25) is 0 Å². The monoisotopic (exact) mass is 728 g/mol. The molecule has 0 unspecified atom stereocenters. The van der Waals surface area contributed by atoms with E-state index >= 15 is 0 Å². The topological polar surface area (TPSA) is 0 Å². The van der Waals surface area contributed by atoms with Crippen LogP contribution in [0.3, 0.4) is 0 Å². The number of hydrogen-bond acceptors (Lipinski definition) is 1. The maximum absolute atomic E-state index is 2.46. The van der Waals surface area contributed by atoms with Crippen LogP contribution in [0.4, 0.5) is 0 Å². The minimum atomic E-state index is -0.0653. The third-order valence-electron chi connectivity index (χ3n) is 12.6. The van der Waals surface area contributed by atoms with Gasteiger partial charge in [-0.3, -0.25) is 0 Å². The lowest BCUT2D eigenvalue weighted by Crippen LogP contribution is -2.14. The maximum atomic E-state index is 2.46. The molecule has 1 aliphatic carbocycles. The summed E-state index contributed by atoms with van der Waals surface area (Å²) in [4.78, 5) is 0. The lowest BCUT2D eigenvalue weighted by Gasteiger charge is -2.22. The van der Waals surface area contributed by atoms with Crippen molar-refractivity contribution < 1.29 is 0 Å². The normalized spacial score (nSPS) is 13.3. The smallest absolute Gasteiger partial charge is 0.0434 e. The predicted molar refractivity (Wildman–Crippen MR) is 243 cm³/mol. The molecule has 0 aliphatic heterocycles. The molecule has 0 saturated carbocycles. The zero-order valence-corrected chi connectivity index (χ0v) is 32.0. The van der Waals surface area contributed by atoms with E-state index in [0.717, 1.165) is 0 Å². The minimum Gasteiger partial charge on any atom is -0.134 e. The Bertz CT molecular complexity index is 3390. The van der Waals surface area contributed by atoms with Gasteiger partial charge in [0.05, 0.1) is 0 Å². The van der Waals surface area contributed by atoms with Crippen molar-refractivity contribution in [1.82, 2.24) is 0 Å². The highest BCUT2D eigenvalue weighted by Crippen LogP contribution is 2.54. The van der Waals surface area contributed by atoms with Gasteiger partial charge in [0.25, 0.3) is 0 Å². The summed E-state index contributed by atoms with van der Waals surface area (Å²) in [6.45, 7) is 4.75. The average Bonchev–Trinajstić information content (AvgIpc) is 3.75. The van der Waals surface area contributed by atoms with Crippen molar-refractivity contribution in [2.45, 2.75) is 19.3 Å². The van der Waals surface area contributed by atoms with Crippen LogP contribution in [0.2, 0.25) is 0 Å². The van der Waals surface area contributed by atoms with Crippen molar-refractivity contribution in [3.05, 3.63) is 193 Å². The molecule has 0 nitrogen and oxygen atoms in total. The minimum absolute atomic E-state index is 0.0653. The van der Waals surface area contributed by atoms with Crippen molar-refractivity contribution in [1.29, 1.82) is 0 Å². The molecule has 0 spiro atoms. The van der Waals surface area contributed by atoms with Crippen molar-refractivity contribution in [2.24, 2.45) is 0 Å². The summed E-state index contributed by atoms with van der Waals surface area (Å²) < 4.78 is 2.72. The molecule has 0 bridgehead atoms. The van der Waals surface area contributed by atoms with Gasteiger partial charge in [-0.15, -0.1) is 11.3 Å². The van der Waals surface area contributed by atoms with Crippen LogP contribution in [0.5, 0.6) is 0 Å². The second kappa shape index (κ2) is 11.7. The molecule has 0 amide bonds. The Morgan fingerprint density at radius 1 is 0.321 bits per heavy atom. The molecule has 1 heterocycles. The summed E-state index contributed by atoms with van der Waals surface area (Å²) in [6, 6.07) is 68.2. The van der Waals surface area contributed by atoms with Crippen LogP contribution >= 0.6 is 11.3 Å². The van der Waals surface area contributed by atoms with Crippen LogP contribution in [0.15, 0.2) is 182 Å². The van der Waals surface area contributed by atoms with Gasteiger partial charge in [0.1, 0.15) is 0 Å². The van der Waals surface area contributed by atoms with Gasteiger partial charge < -0.3 is 0 Å². The Hall–Kier alpha value is -6.54. The van der Waals surface area contributed by atoms with Gasteiger partial charge >= 0.3 is 0 Å². The van der Waals surface area contributed by atoms with Crippen LogP contribution in [0, 0.1) is 0 Å². The van der Waals surface area contributed by atoms with Crippen LogP contribution in [-0.2, 0) is 5.41 Å². The fraction of sp³-hybridized carbons (Fsp3) is 0.0545. The van der Waals surface area contributed by atoms with Gasteiger partial charge in [0, 0.05) is 31.0 Å². The standard InChI is InChI=1S/C55H36S/c1-55(2)48-27-12-11-25-44(48)52-45(26-14-28-49(52)55)51-40-22-8-6-20-38(40)50(39-21-7-9-23-41(39)51)35-17-13-16-34(31-35)46-32-47-43-30-29-33-15-3-4-18-36(33)53(43)56-54(47)42-24-10-5-19-37(42)46/h3-32H,1-2H3. The molecular formula is C55H36S. The SMILES string of the molecule is CC1(C)c2ccccc2-c2c(-c3c4ccccc4c(-c4cccc(-c5cc6c7ccc8ccccc8c7sc6c6ccccc56)c4)c4ccccc34)cccc21. The zero-order chi connectivity index (χ0) is 37.1. The van der Waals surface area contributed by atoms with Gasteiger partial charge in [-0.25, -0.2) is 0 Å². The molecule has 0 saturated heterocycles. The van der Waals surface area contributed by atoms with E-state index in [9.17, 15) is 0 Å². The van der Waals surface area contributed by atoms with Gasteiger partial charge in [-0.05, 0) is 105 Å². The molecule has 10 aromatic carbocycles. The van der Waals surface area contributed by atoms with Crippen LogP contribution in [0.25, 0.3) is 108 Å². The summed E-state index contributed by atoms with van der Waals surface area (Å²) in [6.07, 6.45) is 0. The number of fused-ring (bicyclic) bond motifs is 12. The van der Waals surface area contributed by atoms with Crippen molar-refractivity contribution >= 4 is 74.6 Å². The van der Waals surface area contributed by atoms with Crippen molar-refractivity contribution in [2.75, 3.05) is 0 Å². The van der Waals surface area contributed by atoms with Crippen molar-refractivity contribution in [3.8, 4) is 44.5 Å². The Morgan fingerprint density at radius 2 is 0.857 bits per heavy atom. The van der Waals surface area contributed by atoms with Crippen LogP contribution in [0.1, 0.15) is 25.0 Å². The largest absolute Gasteiger partial charge is 0.134 e. The fourth-order valence-corrected chi connectivity index (χ4v) is 11.5. The number of hydrogen-bond donors (Lipinski definition) is 0. The Morgan fingerprint density at radius 3 is 1.62 bits per heavy atom. The highest BCUT2D eigenvalue weighted by Gasteiger charge is 2.37. The van der Waals surface area contributed by atoms with E-state index in [4.69, 9.17) is 0 Å². The predicted octanol–water partition coefficient (Wildman–Crippen LogP) is 16.0. The molecular weight excluding hydrogens is 693 g/mol. The lowest BCUT2D eigenvalue weighted by atomic mass is 9.80. The molecule has 0 N–H and O–H groups in total. The molecule has 56 heavy (non-hydrogen) atoms. The highest BCUT2D eigenvalue weighted by atomic mass is 32.1. The molecule has 262 valence electrons. The quantitative estimate of drug-likeness (QED) is 0.159. The third-order valence-corrected chi connectivity index (χ3v) is 13.9. The first-order chi connectivity index (χ1) is 27.6. The second-order valence-corrected chi connectivity index (χ2v) is 17.0. The molecule has 0 fully saturated rings. The maximum Gasteiger partial charge on any atom is 0.0434 e. The van der Waals surface area contributed by atoms with E-state index < -0.39 is 0 Å². The van der Waals surface area contributed by atoms with E-state index in [0.29, 0.717) is 0 Å². The number of benzene rings is 10. The number of rotatable bonds is 3. The number of thiophene rings is 1. The molecule has 0 atom stereocenters. The zero-order valence-electron chi connectivity index (χ0n) is 31.2. The van der Waals surface area contributed by atoms with E-state index in [-0.39, 0.29) is 5.41 Å². The van der Waals surface area contributed by atoms with Gasteiger partial charge in [-0.2, -0.15) is 0 Å². The van der Waals surface area contributed by atoms with E-state index in [1.807, 2.05) is 11.3 Å². The highest BCUT2D eigenvalue weighted by molar-refractivity contribution is 7.27. The van der Waals surface area contributed by atoms with Crippen molar-refractivity contribution in [3.63, 3.8) is 0 Å². The van der Waals surface area contributed by atoms with Crippen LogP contribution in [-0.4, -0.2) is 0 Å². The first-order valence-corrected chi connectivity index (χ1v) is 20.4. The first kappa shape index (κ1) is 31.8. The summed E-state index contributed by atoms with van der Waals surface area (Å²) >= 11 is 1.93. The Labute approximate surface area is 329 Å². The average molecular weight is 729 g/mol. The second-order valence-electron chi connectivity index (χ2n) is 15.9. The molecule has 0 radical (unpaired) electrons. The van der Waals surface area contributed by atoms with E-state index in [2.05, 4.69) is 196 Å². The molecule has 1 heteroatoms. The Balaban J connectivity index is 1.12. The molecule has 1 aliphatic rings. The Kier molecular flexibility index (Phi) is 6.66. The first-order valence-electron chi connectivity index (χ1n) is 19.6. The fourth-order valence-electron chi connectivity index (χ4n) is 10.1. The summed E-state index contributed by atoms with van der Waals surface area (Å²) in [7, 11) is 0. The van der Waals surface area contributed by atoms with Gasteiger partial charge in [-0.1, -0.05) is 184 Å². The summed E-state index contributed by atoms with van der Waals surface area (Å²) in [5.74, 6) is 0. The molecule has 12 rings (SSSR count). The van der Waals surface area contributed by atoms with Crippen LogP contribution < -0.4 is 0 Å². The summed E-state index contributed by atoms with van der Waals surface area (Å²) in [5.41, 5.74) is 13.1. The summed E-state index contributed by atoms with van der Waals surface area (Å²) in [5, 5.41) is 13.0. The van der Waals surface area contributed by atoms with E-state index in [1.165, 1.54) is 119 Å². The molecule has 11 aromatic rings. The molecule has 1 aromatic heterocycles. The van der Waals surface area contributed by atoms with Gasteiger partial charge in [0.15, 0.2) is 0 Å². The van der Waals surface area contributed by atoms with E-state index in [1.54, 1.807) is 0 Å². The third kappa shape index (κ3) is 4.35.